The Morgan fingerprint density at radius 2 is 1.38 bits per heavy atom. The third kappa shape index (κ3) is 8.58. The summed E-state index contributed by atoms with van der Waals surface area (Å²) in [5, 5.41) is 5.76. The minimum Gasteiger partial charge on any atom is -0.321 e. The van der Waals surface area contributed by atoms with Crippen molar-refractivity contribution in [3.63, 3.8) is 0 Å². The molecule has 47 heavy (non-hydrogen) atoms. The first-order valence-electron chi connectivity index (χ1n) is 13.7. The monoisotopic (exact) mass is 675 g/mol. The molecule has 244 valence electrons. The smallest absolute Gasteiger partial charge is 0.321 e. The van der Waals surface area contributed by atoms with Crippen LogP contribution in [0.5, 0.6) is 0 Å². The minimum absolute atomic E-state index is 0.0113. The lowest BCUT2D eigenvalue weighted by molar-refractivity contribution is -0.143. The van der Waals surface area contributed by atoms with E-state index in [0.717, 1.165) is 11.8 Å². The quantitative estimate of drug-likeness (QED) is 0.0685. The molecule has 0 bridgehead atoms. The maximum Gasteiger partial charge on any atom is 0.422 e. The van der Waals surface area contributed by atoms with Crippen molar-refractivity contribution >= 4 is 46.9 Å². The van der Waals surface area contributed by atoms with Crippen molar-refractivity contribution in [1.29, 1.82) is 0 Å². The zero-order chi connectivity index (χ0) is 34.3. The number of amides is 3. The number of thioether (sulfide) groups is 1. The minimum atomic E-state index is -5.73. The number of rotatable bonds is 10. The average Bonchev–Trinajstić information content (AvgIpc) is 3.04. The summed E-state index contributed by atoms with van der Waals surface area (Å²) >= 11 is 0.844. The van der Waals surface area contributed by atoms with E-state index in [9.17, 15) is 45.1 Å². The van der Waals surface area contributed by atoms with Crippen LogP contribution in [0.2, 0.25) is 0 Å². The molecule has 0 saturated carbocycles. The van der Waals surface area contributed by atoms with E-state index in [1.807, 2.05) is 0 Å². The summed E-state index contributed by atoms with van der Waals surface area (Å²) in [7, 11) is 0. The van der Waals surface area contributed by atoms with E-state index >= 15 is 0 Å². The maximum absolute atomic E-state index is 14.4. The van der Waals surface area contributed by atoms with Gasteiger partial charge in [-0.3, -0.25) is 14.4 Å². The molecule has 0 saturated heterocycles. The van der Waals surface area contributed by atoms with Gasteiger partial charge in [0.05, 0.1) is 5.25 Å². The number of anilines is 2. The highest BCUT2D eigenvalue weighted by atomic mass is 32.2. The Balaban J connectivity index is 1.52. The molecule has 4 rings (SSSR count). The molecule has 0 aromatic heterocycles. The highest BCUT2D eigenvalue weighted by molar-refractivity contribution is 8.00. The first-order valence-corrected chi connectivity index (χ1v) is 14.6. The molecule has 4 aromatic carbocycles. The summed E-state index contributed by atoms with van der Waals surface area (Å²) in [6.45, 7) is 1.51. The van der Waals surface area contributed by atoms with E-state index in [-0.39, 0.29) is 17.8 Å². The van der Waals surface area contributed by atoms with Crippen LogP contribution in [-0.2, 0) is 15.8 Å². The van der Waals surface area contributed by atoms with E-state index in [4.69, 9.17) is 0 Å². The van der Waals surface area contributed by atoms with Gasteiger partial charge in [0.25, 0.3) is 11.8 Å². The van der Waals surface area contributed by atoms with Crippen molar-refractivity contribution in [2.75, 3.05) is 10.6 Å². The second-order valence-corrected chi connectivity index (χ2v) is 11.1. The van der Waals surface area contributed by atoms with E-state index in [0.29, 0.717) is 16.0 Å². The van der Waals surface area contributed by atoms with Crippen LogP contribution in [0.4, 0.5) is 42.1 Å². The predicted octanol–water partition coefficient (Wildman–Crippen LogP) is 8.18. The van der Waals surface area contributed by atoms with E-state index in [1.165, 1.54) is 37.3 Å². The van der Waals surface area contributed by atoms with Crippen molar-refractivity contribution < 1.29 is 45.1 Å². The number of alkyl halides is 3. The van der Waals surface area contributed by atoms with Crippen molar-refractivity contribution in [1.82, 2.24) is 5.32 Å². The van der Waals surface area contributed by atoms with Gasteiger partial charge in [0.1, 0.15) is 16.9 Å². The first-order chi connectivity index (χ1) is 22.3. The van der Waals surface area contributed by atoms with Crippen molar-refractivity contribution in [2.24, 2.45) is 0 Å². The Morgan fingerprint density at radius 1 is 0.787 bits per heavy atom. The molecule has 3 amide bonds. The molecule has 0 spiro atoms. The van der Waals surface area contributed by atoms with Crippen LogP contribution in [0.25, 0.3) is 6.08 Å². The number of hydrogen-bond donors (Lipinski definition) is 3. The highest BCUT2D eigenvalue weighted by Gasteiger charge is 2.42. The van der Waals surface area contributed by atoms with Crippen molar-refractivity contribution in [3.8, 4) is 0 Å². The largest absolute Gasteiger partial charge is 0.422 e. The van der Waals surface area contributed by atoms with Gasteiger partial charge in [-0.2, -0.15) is 13.2 Å². The molecule has 0 aliphatic heterocycles. The lowest BCUT2D eigenvalue weighted by Gasteiger charge is -2.18. The third-order valence-corrected chi connectivity index (χ3v) is 7.83. The second-order valence-electron chi connectivity index (χ2n) is 9.78. The topological polar surface area (TPSA) is 87.3 Å². The standard InChI is InChI=1S/C33H24F7N3O3S/c1-2-23(32(46)43-29-27(36)25(34)24(33(38,39)40)26(35)28(29)37)47-21-15-9-14-20(17-21)41-31(45)22(16-18-10-5-3-6-11-18)42-30(44)19-12-7-4-8-13-19/h3-17,23H,2H2,1H3,(H,41,45)(H,42,44)(H,43,46)/b22-16-. The lowest BCUT2D eigenvalue weighted by Crippen LogP contribution is -2.30. The Labute approximate surface area is 268 Å². The fourth-order valence-corrected chi connectivity index (χ4v) is 5.20. The molecule has 0 fully saturated rings. The number of benzene rings is 4. The summed E-state index contributed by atoms with van der Waals surface area (Å²) in [5.41, 5.74) is -3.39. The zero-order valence-corrected chi connectivity index (χ0v) is 25.0. The lowest BCUT2D eigenvalue weighted by atomic mass is 10.1. The van der Waals surface area contributed by atoms with Gasteiger partial charge >= 0.3 is 6.18 Å². The van der Waals surface area contributed by atoms with E-state index < -0.39 is 63.7 Å². The number of nitrogens with one attached hydrogen (secondary N) is 3. The van der Waals surface area contributed by atoms with Gasteiger partial charge in [-0.1, -0.05) is 61.5 Å². The molecule has 6 nitrogen and oxygen atoms in total. The molecule has 0 heterocycles. The maximum atomic E-state index is 14.4. The van der Waals surface area contributed by atoms with Crippen LogP contribution >= 0.6 is 11.8 Å². The molecule has 14 heteroatoms. The van der Waals surface area contributed by atoms with Crippen LogP contribution in [0, 0.1) is 23.3 Å². The Hall–Kier alpha value is -5.11. The van der Waals surface area contributed by atoms with Gasteiger partial charge in [0.2, 0.25) is 5.91 Å². The normalized spacial score (nSPS) is 12.3. The van der Waals surface area contributed by atoms with E-state index in [2.05, 4.69) is 10.6 Å². The molecular weight excluding hydrogens is 651 g/mol. The average molecular weight is 676 g/mol. The van der Waals surface area contributed by atoms with Gasteiger partial charge in [0, 0.05) is 16.1 Å². The Bertz CT molecular complexity index is 1790. The van der Waals surface area contributed by atoms with Crippen LogP contribution < -0.4 is 16.0 Å². The number of carbonyl (C=O) groups is 3. The molecule has 0 aliphatic rings. The highest BCUT2D eigenvalue weighted by Crippen LogP contribution is 2.39. The van der Waals surface area contributed by atoms with Gasteiger partial charge in [-0.15, -0.1) is 11.8 Å². The first kappa shape index (κ1) is 34.8. The van der Waals surface area contributed by atoms with E-state index in [1.54, 1.807) is 66.0 Å². The molecule has 4 aromatic rings. The molecule has 1 atom stereocenters. The van der Waals surface area contributed by atoms with Gasteiger partial charge in [-0.05, 0) is 48.4 Å². The number of carbonyl (C=O) groups excluding carboxylic acids is 3. The van der Waals surface area contributed by atoms with Crippen LogP contribution in [-0.4, -0.2) is 23.0 Å². The van der Waals surface area contributed by atoms with Crippen LogP contribution in [0.1, 0.15) is 34.8 Å². The fourth-order valence-electron chi connectivity index (χ4n) is 4.18. The summed E-state index contributed by atoms with van der Waals surface area (Å²) in [6, 6.07) is 22.9. The van der Waals surface area contributed by atoms with Gasteiger partial charge in [0.15, 0.2) is 23.3 Å². The molecule has 3 N–H and O–H groups in total. The Kier molecular flexibility index (Phi) is 11.1. The Morgan fingerprint density at radius 3 is 1.96 bits per heavy atom. The summed E-state index contributed by atoms with van der Waals surface area (Å²) in [4.78, 5) is 39.4. The number of hydrogen-bond acceptors (Lipinski definition) is 4. The predicted molar refractivity (Wildman–Crippen MR) is 163 cm³/mol. The van der Waals surface area contributed by atoms with Crippen LogP contribution in [0.3, 0.4) is 0 Å². The van der Waals surface area contributed by atoms with Gasteiger partial charge in [-0.25, -0.2) is 17.6 Å². The molecule has 1 unspecified atom stereocenters. The molecule has 0 aliphatic carbocycles. The zero-order valence-electron chi connectivity index (χ0n) is 24.2. The molecule has 0 radical (unpaired) electrons. The van der Waals surface area contributed by atoms with Crippen molar-refractivity contribution in [2.45, 2.75) is 29.7 Å². The fraction of sp³-hybridized carbons (Fsp3) is 0.121. The summed E-state index contributed by atoms with van der Waals surface area (Å²) in [5.74, 6) is -12.6. The van der Waals surface area contributed by atoms with Crippen molar-refractivity contribution in [3.05, 3.63) is 131 Å². The summed E-state index contributed by atoms with van der Waals surface area (Å²) in [6.07, 6.45) is -4.25. The SMILES string of the molecule is CCC(Sc1cccc(NC(=O)/C(=C/c2ccccc2)NC(=O)c2ccccc2)c1)C(=O)Nc1c(F)c(F)c(C(F)(F)F)c(F)c1F. The number of halogens is 7. The van der Waals surface area contributed by atoms with Crippen LogP contribution in [0.15, 0.2) is 95.5 Å². The third-order valence-electron chi connectivity index (χ3n) is 6.47. The van der Waals surface area contributed by atoms with Gasteiger partial charge < -0.3 is 16.0 Å². The summed E-state index contributed by atoms with van der Waals surface area (Å²) < 4.78 is 95.6. The molecular formula is C33H24F7N3O3S. The second kappa shape index (κ2) is 15.0.